The van der Waals surface area contributed by atoms with E-state index in [0.29, 0.717) is 12.5 Å². The summed E-state index contributed by atoms with van der Waals surface area (Å²) < 4.78 is 0. The molecular weight excluding hydrogens is 214 g/mol. The van der Waals surface area contributed by atoms with E-state index in [0.717, 1.165) is 26.1 Å². The molecule has 3 N–H and O–H groups in total. The maximum atomic E-state index is 11.6. The van der Waals surface area contributed by atoms with Gasteiger partial charge in [0, 0.05) is 13.1 Å². The van der Waals surface area contributed by atoms with Crippen LogP contribution >= 0.6 is 0 Å². The van der Waals surface area contributed by atoms with Gasteiger partial charge in [0.05, 0.1) is 0 Å². The molecule has 0 aromatic carbocycles. The molecule has 0 aliphatic carbocycles. The van der Waals surface area contributed by atoms with Crippen LogP contribution in [0.5, 0.6) is 0 Å². The lowest BCUT2D eigenvalue weighted by Crippen LogP contribution is -2.59. The molecule has 2 unspecified atom stereocenters. The van der Waals surface area contributed by atoms with E-state index in [2.05, 4.69) is 31.0 Å². The summed E-state index contributed by atoms with van der Waals surface area (Å²) in [7, 11) is 0. The van der Waals surface area contributed by atoms with Crippen LogP contribution in [-0.4, -0.2) is 42.5 Å². The Morgan fingerprint density at radius 2 is 2.00 bits per heavy atom. The topological polar surface area (TPSA) is 58.4 Å². The van der Waals surface area contributed by atoms with Crippen LogP contribution < -0.4 is 11.1 Å². The summed E-state index contributed by atoms with van der Waals surface area (Å²) in [4.78, 5) is 13.8. The molecule has 0 aliphatic heterocycles. The number of nitrogens with two attached hydrogens (primary N) is 1. The van der Waals surface area contributed by atoms with Crippen LogP contribution in [0.25, 0.3) is 0 Å². The molecule has 102 valence electrons. The van der Waals surface area contributed by atoms with Crippen molar-refractivity contribution < 1.29 is 4.79 Å². The van der Waals surface area contributed by atoms with Crippen molar-refractivity contribution in [3.8, 4) is 0 Å². The molecule has 0 spiro atoms. The molecule has 0 heterocycles. The summed E-state index contributed by atoms with van der Waals surface area (Å²) >= 11 is 0. The molecule has 0 bridgehead atoms. The lowest BCUT2D eigenvalue weighted by atomic mass is 9.99. The first-order valence-electron chi connectivity index (χ1n) is 6.66. The van der Waals surface area contributed by atoms with Crippen molar-refractivity contribution in [3.63, 3.8) is 0 Å². The van der Waals surface area contributed by atoms with Gasteiger partial charge in [-0.2, -0.15) is 0 Å². The fourth-order valence-corrected chi connectivity index (χ4v) is 1.93. The third-order valence-electron chi connectivity index (χ3n) is 3.36. The van der Waals surface area contributed by atoms with Gasteiger partial charge in [0.1, 0.15) is 5.54 Å². The van der Waals surface area contributed by atoms with Gasteiger partial charge in [-0.15, -0.1) is 0 Å². The fourth-order valence-electron chi connectivity index (χ4n) is 1.93. The minimum atomic E-state index is -0.627. The second-order valence-electron chi connectivity index (χ2n) is 5.07. The van der Waals surface area contributed by atoms with Gasteiger partial charge in [-0.3, -0.25) is 4.79 Å². The number of amides is 1. The molecule has 0 saturated carbocycles. The smallest absolute Gasteiger partial charge is 0.238 e. The van der Waals surface area contributed by atoms with E-state index >= 15 is 0 Å². The Morgan fingerprint density at radius 1 is 1.41 bits per heavy atom. The highest BCUT2D eigenvalue weighted by Gasteiger charge is 2.32. The molecule has 0 rings (SSSR count). The van der Waals surface area contributed by atoms with Crippen molar-refractivity contribution in [2.45, 2.75) is 46.6 Å². The van der Waals surface area contributed by atoms with Crippen molar-refractivity contribution >= 4 is 5.91 Å². The monoisotopic (exact) mass is 243 g/mol. The van der Waals surface area contributed by atoms with Gasteiger partial charge in [-0.1, -0.05) is 34.1 Å². The van der Waals surface area contributed by atoms with Gasteiger partial charge in [0.15, 0.2) is 0 Å². The zero-order valence-corrected chi connectivity index (χ0v) is 12.0. The quantitative estimate of drug-likeness (QED) is 0.640. The van der Waals surface area contributed by atoms with Gasteiger partial charge < -0.3 is 16.0 Å². The summed E-state index contributed by atoms with van der Waals surface area (Å²) in [5, 5.41) is 3.20. The van der Waals surface area contributed by atoms with Crippen molar-refractivity contribution in [1.82, 2.24) is 10.2 Å². The minimum Gasteiger partial charge on any atom is -0.368 e. The lowest BCUT2D eigenvalue weighted by molar-refractivity contribution is -0.124. The molecular formula is C13H29N3O. The summed E-state index contributed by atoms with van der Waals surface area (Å²) in [5.41, 5.74) is 4.87. The van der Waals surface area contributed by atoms with E-state index in [9.17, 15) is 4.79 Å². The predicted octanol–water partition coefficient (Wildman–Crippen LogP) is 1.21. The van der Waals surface area contributed by atoms with Crippen molar-refractivity contribution in [3.05, 3.63) is 0 Å². The highest BCUT2D eigenvalue weighted by Crippen LogP contribution is 2.10. The van der Waals surface area contributed by atoms with Crippen LogP contribution in [0.2, 0.25) is 0 Å². The van der Waals surface area contributed by atoms with E-state index in [4.69, 9.17) is 5.73 Å². The summed E-state index contributed by atoms with van der Waals surface area (Å²) in [5.74, 6) is 0.371. The molecule has 2 atom stereocenters. The van der Waals surface area contributed by atoms with Crippen LogP contribution in [0.1, 0.15) is 41.0 Å². The van der Waals surface area contributed by atoms with E-state index < -0.39 is 5.54 Å². The van der Waals surface area contributed by atoms with Gasteiger partial charge in [0.25, 0.3) is 0 Å². The average Bonchev–Trinajstić information content (AvgIpc) is 2.28. The number of hydrogen-bond acceptors (Lipinski definition) is 3. The Kier molecular flexibility index (Phi) is 7.39. The minimum absolute atomic E-state index is 0.276. The van der Waals surface area contributed by atoms with Crippen LogP contribution in [-0.2, 0) is 4.79 Å². The lowest BCUT2D eigenvalue weighted by Gasteiger charge is -2.34. The standard InChI is InChI=1S/C13H29N3O/c1-6-11(4)9-16(8-3)10-13(5,12(14)17)15-7-2/h11,15H,6-10H2,1-5H3,(H2,14,17). The van der Waals surface area contributed by atoms with Crippen LogP contribution in [0.4, 0.5) is 0 Å². The van der Waals surface area contributed by atoms with Crippen molar-refractivity contribution in [1.29, 1.82) is 0 Å². The van der Waals surface area contributed by atoms with Crippen molar-refractivity contribution in [2.24, 2.45) is 11.7 Å². The molecule has 0 radical (unpaired) electrons. The summed E-state index contributed by atoms with van der Waals surface area (Å²) in [6.07, 6.45) is 1.16. The number of primary amides is 1. The Morgan fingerprint density at radius 3 is 2.35 bits per heavy atom. The largest absolute Gasteiger partial charge is 0.368 e. The van der Waals surface area contributed by atoms with E-state index in [-0.39, 0.29) is 5.91 Å². The van der Waals surface area contributed by atoms with E-state index in [1.54, 1.807) is 0 Å². The third kappa shape index (κ3) is 5.50. The molecule has 0 aromatic heterocycles. The number of carbonyl (C=O) groups excluding carboxylic acids is 1. The Labute approximate surface area is 106 Å². The number of carbonyl (C=O) groups is 1. The number of hydrogen-bond donors (Lipinski definition) is 2. The third-order valence-corrected chi connectivity index (χ3v) is 3.36. The summed E-state index contributed by atoms with van der Waals surface area (Å²) in [6.45, 7) is 13.8. The maximum Gasteiger partial charge on any atom is 0.238 e. The average molecular weight is 243 g/mol. The molecule has 1 amide bonds. The SMILES string of the molecule is CCNC(C)(CN(CC)CC(C)CC)C(N)=O. The first kappa shape index (κ1) is 16.4. The second kappa shape index (κ2) is 7.67. The molecule has 0 aromatic rings. The highest BCUT2D eigenvalue weighted by atomic mass is 16.1. The van der Waals surface area contributed by atoms with E-state index in [1.165, 1.54) is 0 Å². The fraction of sp³-hybridized carbons (Fsp3) is 0.923. The molecule has 4 heteroatoms. The van der Waals surface area contributed by atoms with Crippen molar-refractivity contribution in [2.75, 3.05) is 26.2 Å². The number of nitrogens with one attached hydrogen (secondary N) is 1. The Balaban J connectivity index is 4.54. The summed E-state index contributed by atoms with van der Waals surface area (Å²) in [6, 6.07) is 0. The van der Waals surface area contributed by atoms with Gasteiger partial charge >= 0.3 is 0 Å². The zero-order chi connectivity index (χ0) is 13.5. The van der Waals surface area contributed by atoms with Gasteiger partial charge in [-0.05, 0) is 25.9 Å². The van der Waals surface area contributed by atoms with Crippen LogP contribution in [0.15, 0.2) is 0 Å². The number of likely N-dealkylation sites (N-methyl/N-ethyl adjacent to an activating group) is 2. The molecule has 17 heavy (non-hydrogen) atoms. The normalized spacial score (nSPS) is 16.8. The van der Waals surface area contributed by atoms with Crippen LogP contribution in [0, 0.1) is 5.92 Å². The number of rotatable bonds is 9. The van der Waals surface area contributed by atoms with Crippen LogP contribution in [0.3, 0.4) is 0 Å². The molecule has 0 fully saturated rings. The molecule has 0 saturated heterocycles. The predicted molar refractivity (Wildman–Crippen MR) is 72.8 cm³/mol. The number of nitrogens with zero attached hydrogens (tertiary/aromatic N) is 1. The first-order valence-corrected chi connectivity index (χ1v) is 6.66. The zero-order valence-electron chi connectivity index (χ0n) is 12.0. The van der Waals surface area contributed by atoms with Gasteiger partial charge in [-0.25, -0.2) is 0 Å². The molecule has 4 nitrogen and oxygen atoms in total. The molecule has 0 aliphatic rings. The Bertz CT molecular complexity index is 233. The van der Waals surface area contributed by atoms with E-state index in [1.807, 2.05) is 13.8 Å². The highest BCUT2D eigenvalue weighted by molar-refractivity contribution is 5.84. The maximum absolute atomic E-state index is 11.6. The second-order valence-corrected chi connectivity index (χ2v) is 5.07. The van der Waals surface area contributed by atoms with Gasteiger partial charge in [0.2, 0.25) is 5.91 Å². The first-order chi connectivity index (χ1) is 7.89. The Hall–Kier alpha value is -0.610.